The van der Waals surface area contributed by atoms with E-state index in [4.69, 9.17) is 14.2 Å². The van der Waals surface area contributed by atoms with Crippen LogP contribution in [-0.2, 0) is 9.53 Å². The molecule has 25 heavy (non-hydrogen) atoms. The average Bonchev–Trinajstić information content (AvgIpc) is 2.69. The maximum atomic E-state index is 12.4. The molecular formula is C19H20N2O4. The molecule has 1 amide bonds. The van der Waals surface area contributed by atoms with Gasteiger partial charge in [0.05, 0.1) is 13.2 Å². The zero-order chi connectivity index (χ0) is 17.1. The largest absolute Gasteiger partial charge is 0.485 e. The Labute approximate surface area is 146 Å². The topological polar surface area (TPSA) is 60.0 Å². The third-order valence-electron chi connectivity index (χ3n) is 4.31. The van der Waals surface area contributed by atoms with Crippen molar-refractivity contribution in [3.63, 3.8) is 0 Å². The van der Waals surface area contributed by atoms with Gasteiger partial charge in [-0.2, -0.15) is 0 Å². The number of nitrogens with one attached hydrogen (secondary N) is 1. The SMILES string of the molecule is O=C(Nc1ccc(N2CCOCC2)cc1)[C@H]1COc2ccccc2O1. The summed E-state index contributed by atoms with van der Waals surface area (Å²) in [7, 11) is 0. The van der Waals surface area contributed by atoms with E-state index in [9.17, 15) is 4.79 Å². The van der Waals surface area contributed by atoms with Crippen LogP contribution in [-0.4, -0.2) is 44.9 Å². The molecule has 0 aliphatic carbocycles. The van der Waals surface area contributed by atoms with Crippen molar-refractivity contribution in [3.8, 4) is 11.5 Å². The summed E-state index contributed by atoms with van der Waals surface area (Å²) >= 11 is 0. The summed E-state index contributed by atoms with van der Waals surface area (Å²) < 4.78 is 16.7. The monoisotopic (exact) mass is 340 g/mol. The Hall–Kier alpha value is -2.73. The summed E-state index contributed by atoms with van der Waals surface area (Å²) in [5.74, 6) is 1.05. The van der Waals surface area contributed by atoms with Crippen molar-refractivity contribution in [2.45, 2.75) is 6.10 Å². The molecule has 0 saturated carbocycles. The van der Waals surface area contributed by atoms with E-state index < -0.39 is 6.10 Å². The molecule has 1 fully saturated rings. The van der Waals surface area contributed by atoms with Gasteiger partial charge in [-0.3, -0.25) is 4.79 Å². The molecule has 4 rings (SSSR count). The standard InChI is InChI=1S/C19H20N2O4/c22-19(18-13-24-16-3-1-2-4-17(16)25-18)20-14-5-7-15(8-6-14)21-9-11-23-12-10-21/h1-8,18H,9-13H2,(H,20,22)/t18-/m1/s1. The van der Waals surface area contributed by atoms with E-state index in [2.05, 4.69) is 10.2 Å². The van der Waals surface area contributed by atoms with Crippen LogP contribution in [0, 0.1) is 0 Å². The van der Waals surface area contributed by atoms with E-state index in [-0.39, 0.29) is 12.5 Å². The number of carbonyl (C=O) groups is 1. The maximum Gasteiger partial charge on any atom is 0.269 e. The minimum atomic E-state index is -0.659. The molecule has 0 spiro atoms. The number of morpholine rings is 1. The zero-order valence-corrected chi connectivity index (χ0v) is 13.8. The Balaban J connectivity index is 1.38. The lowest BCUT2D eigenvalue weighted by Gasteiger charge is -2.29. The van der Waals surface area contributed by atoms with Crippen molar-refractivity contribution < 1.29 is 19.0 Å². The molecule has 130 valence electrons. The van der Waals surface area contributed by atoms with E-state index in [1.807, 2.05) is 42.5 Å². The molecule has 0 radical (unpaired) electrons. The second-order valence-corrected chi connectivity index (χ2v) is 6.00. The molecule has 0 bridgehead atoms. The van der Waals surface area contributed by atoms with Gasteiger partial charge in [0.2, 0.25) is 6.10 Å². The normalized spacial score (nSPS) is 19.4. The number of hydrogen-bond donors (Lipinski definition) is 1. The van der Waals surface area contributed by atoms with Gasteiger partial charge in [0.15, 0.2) is 11.5 Å². The van der Waals surface area contributed by atoms with E-state index in [0.717, 1.165) is 37.7 Å². The fourth-order valence-electron chi connectivity index (χ4n) is 2.95. The van der Waals surface area contributed by atoms with Crippen LogP contribution in [0.5, 0.6) is 11.5 Å². The molecule has 0 unspecified atom stereocenters. The predicted molar refractivity (Wildman–Crippen MR) is 94.5 cm³/mol. The van der Waals surface area contributed by atoms with Gasteiger partial charge in [0.1, 0.15) is 6.61 Å². The number of rotatable bonds is 3. The molecule has 2 aromatic rings. The predicted octanol–water partition coefficient (Wildman–Crippen LogP) is 2.30. The van der Waals surface area contributed by atoms with Crippen LogP contribution >= 0.6 is 0 Å². The van der Waals surface area contributed by atoms with Crippen LogP contribution in [0.4, 0.5) is 11.4 Å². The second-order valence-electron chi connectivity index (χ2n) is 6.00. The van der Waals surface area contributed by atoms with E-state index >= 15 is 0 Å². The molecule has 6 heteroatoms. The van der Waals surface area contributed by atoms with Gasteiger partial charge in [-0.15, -0.1) is 0 Å². The number of para-hydroxylation sites is 2. The van der Waals surface area contributed by atoms with Crippen LogP contribution in [0.1, 0.15) is 0 Å². The van der Waals surface area contributed by atoms with Gasteiger partial charge in [-0.25, -0.2) is 0 Å². The summed E-state index contributed by atoms with van der Waals surface area (Å²) in [5.41, 5.74) is 1.87. The number of benzene rings is 2. The minimum Gasteiger partial charge on any atom is -0.485 e. The van der Waals surface area contributed by atoms with Gasteiger partial charge in [-0.05, 0) is 36.4 Å². The highest BCUT2D eigenvalue weighted by molar-refractivity contribution is 5.94. The van der Waals surface area contributed by atoms with Gasteiger partial charge < -0.3 is 24.4 Å². The first kappa shape index (κ1) is 15.8. The average molecular weight is 340 g/mol. The number of nitrogens with zero attached hydrogens (tertiary/aromatic N) is 1. The van der Waals surface area contributed by atoms with Crippen molar-refractivity contribution >= 4 is 17.3 Å². The van der Waals surface area contributed by atoms with E-state index in [1.165, 1.54) is 0 Å². The van der Waals surface area contributed by atoms with E-state index in [0.29, 0.717) is 11.5 Å². The second kappa shape index (κ2) is 7.03. The third kappa shape index (κ3) is 3.53. The molecular weight excluding hydrogens is 320 g/mol. The Morgan fingerprint density at radius 1 is 1.00 bits per heavy atom. The summed E-state index contributed by atoms with van der Waals surface area (Å²) in [6.45, 7) is 3.48. The lowest BCUT2D eigenvalue weighted by Crippen LogP contribution is -2.40. The Bertz CT molecular complexity index is 741. The van der Waals surface area contributed by atoms with E-state index in [1.54, 1.807) is 6.07 Å². The summed E-state index contributed by atoms with van der Waals surface area (Å²) in [4.78, 5) is 14.7. The summed E-state index contributed by atoms with van der Waals surface area (Å²) in [6, 6.07) is 15.2. The fraction of sp³-hybridized carbons (Fsp3) is 0.316. The fourth-order valence-corrected chi connectivity index (χ4v) is 2.95. The number of ether oxygens (including phenoxy) is 3. The van der Waals surface area contributed by atoms with Crippen molar-refractivity contribution in [2.75, 3.05) is 43.1 Å². The smallest absolute Gasteiger partial charge is 0.269 e. The van der Waals surface area contributed by atoms with Crippen LogP contribution in [0.15, 0.2) is 48.5 Å². The van der Waals surface area contributed by atoms with Crippen LogP contribution < -0.4 is 19.7 Å². The minimum absolute atomic E-state index is 0.203. The van der Waals surface area contributed by atoms with Gasteiger partial charge in [0.25, 0.3) is 5.91 Å². The number of hydrogen-bond acceptors (Lipinski definition) is 5. The quantitative estimate of drug-likeness (QED) is 0.929. The molecule has 1 N–H and O–H groups in total. The number of carbonyl (C=O) groups excluding carboxylic acids is 1. The highest BCUT2D eigenvalue weighted by Gasteiger charge is 2.27. The number of amides is 1. The highest BCUT2D eigenvalue weighted by Crippen LogP contribution is 2.31. The van der Waals surface area contributed by atoms with Crippen molar-refractivity contribution in [1.29, 1.82) is 0 Å². The van der Waals surface area contributed by atoms with Crippen molar-refractivity contribution in [3.05, 3.63) is 48.5 Å². The third-order valence-corrected chi connectivity index (χ3v) is 4.31. The first-order valence-electron chi connectivity index (χ1n) is 8.42. The van der Waals surface area contributed by atoms with Crippen LogP contribution in [0.25, 0.3) is 0 Å². The number of fused-ring (bicyclic) bond motifs is 1. The maximum absolute atomic E-state index is 12.4. The van der Waals surface area contributed by atoms with Crippen molar-refractivity contribution in [1.82, 2.24) is 0 Å². The molecule has 2 aliphatic heterocycles. The number of anilines is 2. The first-order valence-corrected chi connectivity index (χ1v) is 8.42. The Kier molecular flexibility index (Phi) is 4.43. The Morgan fingerprint density at radius 3 is 2.48 bits per heavy atom. The lowest BCUT2D eigenvalue weighted by molar-refractivity contribution is -0.125. The van der Waals surface area contributed by atoms with Crippen LogP contribution in [0.3, 0.4) is 0 Å². The zero-order valence-electron chi connectivity index (χ0n) is 13.8. The molecule has 1 atom stereocenters. The van der Waals surface area contributed by atoms with Gasteiger partial charge in [0, 0.05) is 24.5 Å². The summed E-state index contributed by atoms with van der Waals surface area (Å²) in [6.07, 6.45) is -0.659. The summed E-state index contributed by atoms with van der Waals surface area (Å²) in [5, 5.41) is 2.89. The molecule has 1 saturated heterocycles. The molecule has 2 aromatic carbocycles. The Morgan fingerprint density at radius 2 is 1.72 bits per heavy atom. The molecule has 6 nitrogen and oxygen atoms in total. The highest BCUT2D eigenvalue weighted by atomic mass is 16.6. The first-order chi connectivity index (χ1) is 12.3. The van der Waals surface area contributed by atoms with Crippen molar-refractivity contribution in [2.24, 2.45) is 0 Å². The molecule has 0 aromatic heterocycles. The van der Waals surface area contributed by atoms with Gasteiger partial charge >= 0.3 is 0 Å². The molecule has 2 heterocycles. The van der Waals surface area contributed by atoms with Crippen LogP contribution in [0.2, 0.25) is 0 Å². The molecule has 2 aliphatic rings. The van der Waals surface area contributed by atoms with Gasteiger partial charge in [-0.1, -0.05) is 12.1 Å². The lowest BCUT2D eigenvalue weighted by atomic mass is 10.2.